The number of hydrogen-bond acceptors (Lipinski definition) is 4. The minimum absolute atomic E-state index is 0.0553. The molecule has 5 nitrogen and oxygen atoms in total. The van der Waals surface area contributed by atoms with Crippen LogP contribution in [0.5, 0.6) is 0 Å². The standard InChI is InChI=1S/C13H18ClN3O2/c1-15-12-6-8(9(14)7-16-12)13(18)17-10-4-3-5-11(10)19-2/h6-7,10-11H,3-5H2,1-2H3,(H,15,16)(H,17,18). The molecule has 0 saturated heterocycles. The van der Waals surface area contributed by atoms with Gasteiger partial charge in [-0.3, -0.25) is 4.79 Å². The Labute approximate surface area is 117 Å². The lowest BCUT2D eigenvalue weighted by Crippen LogP contribution is -2.40. The summed E-state index contributed by atoms with van der Waals surface area (Å²) < 4.78 is 5.36. The summed E-state index contributed by atoms with van der Waals surface area (Å²) in [5.74, 6) is 0.433. The van der Waals surface area contributed by atoms with E-state index in [-0.39, 0.29) is 18.1 Å². The number of anilines is 1. The first-order valence-electron chi connectivity index (χ1n) is 6.32. The van der Waals surface area contributed by atoms with Crippen LogP contribution in [0, 0.1) is 0 Å². The van der Waals surface area contributed by atoms with E-state index in [9.17, 15) is 4.79 Å². The lowest BCUT2D eigenvalue weighted by Gasteiger charge is -2.20. The lowest BCUT2D eigenvalue weighted by molar-refractivity contribution is 0.0722. The molecule has 0 aromatic carbocycles. The smallest absolute Gasteiger partial charge is 0.253 e. The maximum atomic E-state index is 12.2. The molecule has 1 heterocycles. The number of carbonyl (C=O) groups is 1. The molecule has 1 aliphatic carbocycles. The van der Waals surface area contributed by atoms with Crippen molar-refractivity contribution in [3.05, 3.63) is 22.8 Å². The molecule has 6 heteroatoms. The van der Waals surface area contributed by atoms with Crippen LogP contribution in [0.15, 0.2) is 12.3 Å². The topological polar surface area (TPSA) is 63.2 Å². The highest BCUT2D eigenvalue weighted by molar-refractivity contribution is 6.33. The number of hydrogen-bond donors (Lipinski definition) is 2. The van der Waals surface area contributed by atoms with E-state index < -0.39 is 0 Å². The number of aromatic nitrogens is 1. The van der Waals surface area contributed by atoms with Gasteiger partial charge in [-0.05, 0) is 25.3 Å². The van der Waals surface area contributed by atoms with Crippen LogP contribution in [-0.2, 0) is 4.74 Å². The van der Waals surface area contributed by atoms with Crippen molar-refractivity contribution in [1.29, 1.82) is 0 Å². The molecule has 19 heavy (non-hydrogen) atoms. The molecule has 2 unspecified atom stereocenters. The van der Waals surface area contributed by atoms with Crippen LogP contribution < -0.4 is 10.6 Å². The second-order valence-electron chi connectivity index (χ2n) is 4.58. The van der Waals surface area contributed by atoms with Crippen molar-refractivity contribution in [3.63, 3.8) is 0 Å². The summed E-state index contributed by atoms with van der Waals surface area (Å²) in [5.41, 5.74) is 0.433. The molecule has 1 aliphatic rings. The van der Waals surface area contributed by atoms with E-state index in [2.05, 4.69) is 15.6 Å². The number of rotatable bonds is 4. The average molecular weight is 284 g/mol. The second kappa shape index (κ2) is 6.21. The van der Waals surface area contributed by atoms with Crippen molar-refractivity contribution in [2.75, 3.05) is 19.5 Å². The molecule has 0 aliphatic heterocycles. The van der Waals surface area contributed by atoms with E-state index in [1.807, 2.05) is 0 Å². The molecule has 1 aromatic heterocycles. The van der Waals surface area contributed by atoms with Gasteiger partial charge in [-0.1, -0.05) is 11.6 Å². The number of amides is 1. The molecule has 0 bridgehead atoms. The molecular weight excluding hydrogens is 266 g/mol. The highest BCUT2D eigenvalue weighted by Crippen LogP contribution is 2.23. The van der Waals surface area contributed by atoms with Crippen LogP contribution in [0.1, 0.15) is 29.6 Å². The van der Waals surface area contributed by atoms with Crippen molar-refractivity contribution in [2.24, 2.45) is 0 Å². The summed E-state index contributed by atoms with van der Waals surface area (Å²) in [6, 6.07) is 1.70. The fraction of sp³-hybridized carbons (Fsp3) is 0.538. The number of ether oxygens (including phenoxy) is 1. The normalized spacial score (nSPS) is 22.3. The van der Waals surface area contributed by atoms with Crippen molar-refractivity contribution >= 4 is 23.3 Å². The van der Waals surface area contributed by atoms with Gasteiger partial charge >= 0.3 is 0 Å². The fourth-order valence-corrected chi connectivity index (χ4v) is 2.56. The van der Waals surface area contributed by atoms with Crippen LogP contribution in [0.2, 0.25) is 5.02 Å². The summed E-state index contributed by atoms with van der Waals surface area (Å²) in [6.07, 6.45) is 4.55. The molecule has 1 fully saturated rings. The number of halogens is 1. The first-order valence-corrected chi connectivity index (χ1v) is 6.70. The number of pyridine rings is 1. The third-order valence-electron chi connectivity index (χ3n) is 3.43. The van der Waals surface area contributed by atoms with Gasteiger partial charge in [0.05, 0.1) is 22.7 Å². The largest absolute Gasteiger partial charge is 0.379 e. The van der Waals surface area contributed by atoms with Crippen molar-refractivity contribution in [1.82, 2.24) is 10.3 Å². The van der Waals surface area contributed by atoms with E-state index >= 15 is 0 Å². The van der Waals surface area contributed by atoms with Crippen molar-refractivity contribution in [3.8, 4) is 0 Å². The van der Waals surface area contributed by atoms with Crippen molar-refractivity contribution < 1.29 is 9.53 Å². The Balaban J connectivity index is 2.11. The maximum absolute atomic E-state index is 12.2. The molecule has 1 aromatic rings. The van der Waals surface area contributed by atoms with Crippen molar-refractivity contribution in [2.45, 2.75) is 31.4 Å². The van der Waals surface area contributed by atoms with E-state index in [0.717, 1.165) is 19.3 Å². The highest BCUT2D eigenvalue weighted by Gasteiger charge is 2.29. The Hall–Kier alpha value is -1.33. The third kappa shape index (κ3) is 3.16. The average Bonchev–Trinajstić information content (AvgIpc) is 2.86. The highest BCUT2D eigenvalue weighted by atomic mass is 35.5. The molecule has 0 spiro atoms. The first-order chi connectivity index (χ1) is 9.15. The molecule has 0 radical (unpaired) electrons. The Morgan fingerprint density at radius 1 is 1.53 bits per heavy atom. The van der Waals surface area contributed by atoms with Gasteiger partial charge in [0, 0.05) is 20.4 Å². The van der Waals surface area contributed by atoms with Crippen LogP contribution in [-0.4, -0.2) is 37.2 Å². The maximum Gasteiger partial charge on any atom is 0.253 e. The molecule has 2 rings (SSSR count). The molecule has 2 atom stereocenters. The number of carbonyl (C=O) groups excluding carboxylic acids is 1. The van der Waals surface area contributed by atoms with Gasteiger partial charge in [-0.25, -0.2) is 4.98 Å². The van der Waals surface area contributed by atoms with Gasteiger partial charge in [0.15, 0.2) is 0 Å². The van der Waals surface area contributed by atoms with Gasteiger partial charge in [0.2, 0.25) is 0 Å². The van der Waals surface area contributed by atoms with Crippen LogP contribution in [0.25, 0.3) is 0 Å². The molecule has 1 amide bonds. The monoisotopic (exact) mass is 283 g/mol. The Morgan fingerprint density at radius 2 is 2.32 bits per heavy atom. The molecule has 104 valence electrons. The number of nitrogens with zero attached hydrogens (tertiary/aromatic N) is 1. The van der Waals surface area contributed by atoms with Gasteiger partial charge in [0.1, 0.15) is 5.82 Å². The predicted octanol–water partition coefficient (Wildman–Crippen LogP) is 2.07. The van der Waals surface area contributed by atoms with Gasteiger partial charge < -0.3 is 15.4 Å². The summed E-state index contributed by atoms with van der Waals surface area (Å²) in [5, 5.41) is 6.22. The molecular formula is C13H18ClN3O2. The van der Waals surface area contributed by atoms with Gasteiger partial charge in [-0.2, -0.15) is 0 Å². The van der Waals surface area contributed by atoms with Gasteiger partial charge in [-0.15, -0.1) is 0 Å². The van der Waals surface area contributed by atoms with Crippen LogP contribution >= 0.6 is 11.6 Å². The fourth-order valence-electron chi connectivity index (χ4n) is 2.37. The minimum Gasteiger partial charge on any atom is -0.379 e. The zero-order chi connectivity index (χ0) is 13.8. The first kappa shape index (κ1) is 14.1. The van der Waals surface area contributed by atoms with E-state index in [1.165, 1.54) is 6.20 Å². The zero-order valence-electron chi connectivity index (χ0n) is 11.1. The third-order valence-corrected chi connectivity index (χ3v) is 3.73. The van der Waals surface area contributed by atoms with Gasteiger partial charge in [0.25, 0.3) is 5.91 Å². The van der Waals surface area contributed by atoms with E-state index in [1.54, 1.807) is 20.2 Å². The molecule has 2 N–H and O–H groups in total. The second-order valence-corrected chi connectivity index (χ2v) is 4.99. The lowest BCUT2D eigenvalue weighted by atomic mass is 10.1. The number of methoxy groups -OCH3 is 1. The Kier molecular flexibility index (Phi) is 4.61. The zero-order valence-corrected chi connectivity index (χ0v) is 11.8. The summed E-state index contributed by atoms with van der Waals surface area (Å²) in [4.78, 5) is 16.3. The van der Waals surface area contributed by atoms with E-state index in [0.29, 0.717) is 16.4 Å². The predicted molar refractivity (Wildman–Crippen MR) is 74.7 cm³/mol. The SMILES string of the molecule is CNc1cc(C(=O)NC2CCCC2OC)c(Cl)cn1. The van der Waals surface area contributed by atoms with E-state index in [4.69, 9.17) is 16.3 Å². The van der Waals surface area contributed by atoms with Crippen LogP contribution in [0.3, 0.4) is 0 Å². The summed E-state index contributed by atoms with van der Waals surface area (Å²) in [7, 11) is 3.42. The quantitative estimate of drug-likeness (QED) is 0.888. The number of nitrogens with one attached hydrogen (secondary N) is 2. The minimum atomic E-state index is -0.183. The molecule has 1 saturated carbocycles. The Bertz CT molecular complexity index is 467. The summed E-state index contributed by atoms with van der Waals surface area (Å²) in [6.45, 7) is 0. The summed E-state index contributed by atoms with van der Waals surface area (Å²) >= 11 is 6.02. The Morgan fingerprint density at radius 3 is 3.00 bits per heavy atom. The van der Waals surface area contributed by atoms with Crippen LogP contribution in [0.4, 0.5) is 5.82 Å².